The average molecular weight is 305 g/mol. The van der Waals surface area contributed by atoms with Gasteiger partial charge in [-0.3, -0.25) is 4.98 Å². The van der Waals surface area contributed by atoms with Crippen LogP contribution >= 0.6 is 11.6 Å². The van der Waals surface area contributed by atoms with Crippen molar-refractivity contribution in [3.8, 4) is 0 Å². The molecule has 0 bridgehead atoms. The summed E-state index contributed by atoms with van der Waals surface area (Å²) in [5, 5.41) is 1.19. The molecule has 2 aromatic rings. The van der Waals surface area contributed by atoms with Gasteiger partial charge in [-0.2, -0.15) is 0 Å². The van der Waals surface area contributed by atoms with Gasteiger partial charge in [0, 0.05) is 17.6 Å². The number of morpholine rings is 1. The highest BCUT2D eigenvalue weighted by Crippen LogP contribution is 2.31. The summed E-state index contributed by atoms with van der Waals surface area (Å²) in [5.41, 5.74) is 3.18. The second-order valence-electron chi connectivity index (χ2n) is 5.64. The van der Waals surface area contributed by atoms with Crippen LogP contribution in [0.1, 0.15) is 26.0 Å². The van der Waals surface area contributed by atoms with Crippen molar-refractivity contribution >= 4 is 28.2 Å². The maximum absolute atomic E-state index is 6.03. The Morgan fingerprint density at radius 2 is 2.19 bits per heavy atom. The zero-order chi connectivity index (χ0) is 14.8. The van der Waals surface area contributed by atoms with Crippen LogP contribution in [-0.4, -0.2) is 30.3 Å². The maximum atomic E-state index is 6.03. The summed E-state index contributed by atoms with van der Waals surface area (Å²) >= 11 is 6.03. The van der Waals surface area contributed by atoms with Gasteiger partial charge in [0.25, 0.3) is 0 Å². The van der Waals surface area contributed by atoms with Crippen molar-refractivity contribution in [2.45, 2.75) is 38.3 Å². The number of hydrogen-bond acceptors (Lipinski definition) is 3. The summed E-state index contributed by atoms with van der Waals surface area (Å²) in [4.78, 5) is 7.10. The number of halogens is 1. The number of fused-ring (bicyclic) bond motifs is 1. The van der Waals surface area contributed by atoms with Gasteiger partial charge >= 0.3 is 0 Å². The Morgan fingerprint density at radius 1 is 1.38 bits per heavy atom. The van der Waals surface area contributed by atoms with Crippen LogP contribution in [0.4, 0.5) is 5.69 Å². The van der Waals surface area contributed by atoms with Crippen LogP contribution in [0.2, 0.25) is 0 Å². The molecule has 0 radical (unpaired) electrons. The van der Waals surface area contributed by atoms with E-state index in [-0.39, 0.29) is 6.10 Å². The molecule has 1 fully saturated rings. The second kappa shape index (κ2) is 6.20. The molecule has 21 heavy (non-hydrogen) atoms. The third kappa shape index (κ3) is 2.85. The minimum atomic E-state index is 0.249. The molecule has 3 rings (SSSR count). The Kier molecular flexibility index (Phi) is 4.32. The number of aromatic nitrogens is 1. The Morgan fingerprint density at radius 3 is 2.95 bits per heavy atom. The van der Waals surface area contributed by atoms with Crippen LogP contribution in [0, 0.1) is 0 Å². The molecule has 0 aliphatic carbocycles. The Labute approximate surface area is 130 Å². The van der Waals surface area contributed by atoms with E-state index in [4.69, 9.17) is 16.3 Å². The molecule has 1 aliphatic heterocycles. The summed E-state index contributed by atoms with van der Waals surface area (Å²) in [7, 11) is 0. The lowest BCUT2D eigenvalue weighted by Crippen LogP contribution is -2.48. The maximum Gasteiger partial charge on any atom is 0.0726 e. The Bertz CT molecular complexity index is 631. The fourth-order valence-corrected chi connectivity index (χ4v) is 3.13. The van der Waals surface area contributed by atoms with Gasteiger partial charge in [0.2, 0.25) is 0 Å². The zero-order valence-corrected chi connectivity index (χ0v) is 13.3. The van der Waals surface area contributed by atoms with E-state index >= 15 is 0 Å². The third-order valence-electron chi connectivity index (χ3n) is 4.13. The van der Waals surface area contributed by atoms with Gasteiger partial charge in [0.15, 0.2) is 0 Å². The number of hydrogen-bond donors (Lipinski definition) is 0. The molecule has 112 valence electrons. The lowest BCUT2D eigenvalue weighted by molar-refractivity contribution is 0.0301. The first-order chi connectivity index (χ1) is 10.2. The minimum Gasteiger partial charge on any atom is -0.375 e. The number of rotatable bonds is 3. The zero-order valence-electron chi connectivity index (χ0n) is 12.6. The first-order valence-corrected chi connectivity index (χ1v) is 8.09. The topological polar surface area (TPSA) is 25.4 Å². The van der Waals surface area contributed by atoms with Crippen molar-refractivity contribution in [3.05, 3.63) is 36.0 Å². The molecule has 0 spiro atoms. The van der Waals surface area contributed by atoms with Crippen molar-refractivity contribution in [1.29, 1.82) is 0 Å². The number of benzene rings is 1. The highest BCUT2D eigenvalue weighted by molar-refractivity contribution is 6.17. The number of para-hydroxylation sites is 1. The lowest BCUT2D eigenvalue weighted by Gasteiger charge is -2.40. The van der Waals surface area contributed by atoms with Gasteiger partial charge in [-0.05, 0) is 25.5 Å². The van der Waals surface area contributed by atoms with E-state index in [0.717, 1.165) is 30.8 Å². The van der Waals surface area contributed by atoms with Gasteiger partial charge < -0.3 is 9.64 Å². The van der Waals surface area contributed by atoms with Crippen LogP contribution in [0.15, 0.2) is 30.3 Å². The Balaban J connectivity index is 2.12. The monoisotopic (exact) mass is 304 g/mol. The molecule has 1 aromatic heterocycles. The standard InChI is InChI=1S/C17H21ClN2O/c1-3-14-11-21-12(2)10-20(14)17-8-13(9-18)19-16-7-5-4-6-15(16)17/h4-8,12,14H,3,9-11H2,1-2H3. The largest absolute Gasteiger partial charge is 0.375 e. The number of nitrogens with zero attached hydrogens (tertiary/aromatic N) is 2. The fraction of sp³-hybridized carbons (Fsp3) is 0.471. The van der Waals surface area contributed by atoms with Crippen molar-refractivity contribution in [2.24, 2.45) is 0 Å². The fourth-order valence-electron chi connectivity index (χ4n) is 2.99. The highest BCUT2D eigenvalue weighted by Gasteiger charge is 2.27. The van der Waals surface area contributed by atoms with Gasteiger partial charge in [0.05, 0.1) is 35.8 Å². The number of pyridine rings is 1. The molecule has 0 amide bonds. The van der Waals surface area contributed by atoms with Gasteiger partial charge in [-0.15, -0.1) is 11.6 Å². The van der Waals surface area contributed by atoms with E-state index in [2.05, 4.69) is 48.0 Å². The SMILES string of the molecule is CCC1COC(C)CN1c1cc(CCl)nc2ccccc12. The molecule has 1 aromatic carbocycles. The van der Waals surface area contributed by atoms with E-state index < -0.39 is 0 Å². The average Bonchev–Trinajstić information content (AvgIpc) is 2.53. The Hall–Kier alpha value is -1.32. The van der Waals surface area contributed by atoms with Crippen LogP contribution in [-0.2, 0) is 10.6 Å². The van der Waals surface area contributed by atoms with E-state index in [1.165, 1.54) is 11.1 Å². The van der Waals surface area contributed by atoms with Crippen molar-refractivity contribution in [2.75, 3.05) is 18.1 Å². The first-order valence-electron chi connectivity index (χ1n) is 7.55. The summed E-state index contributed by atoms with van der Waals surface area (Å²) in [5.74, 6) is 0.439. The van der Waals surface area contributed by atoms with Crippen LogP contribution < -0.4 is 4.90 Å². The van der Waals surface area contributed by atoms with E-state index in [9.17, 15) is 0 Å². The summed E-state index contributed by atoms with van der Waals surface area (Å²) in [6, 6.07) is 10.8. The van der Waals surface area contributed by atoms with Crippen LogP contribution in [0.25, 0.3) is 10.9 Å². The predicted molar refractivity (Wildman–Crippen MR) is 88.1 cm³/mol. The highest BCUT2D eigenvalue weighted by atomic mass is 35.5. The lowest BCUT2D eigenvalue weighted by atomic mass is 10.1. The number of anilines is 1. The van der Waals surface area contributed by atoms with Crippen LogP contribution in [0.3, 0.4) is 0 Å². The first kappa shape index (κ1) is 14.6. The summed E-state index contributed by atoms with van der Waals surface area (Å²) < 4.78 is 5.82. The molecule has 0 saturated carbocycles. The number of ether oxygens (including phenoxy) is 1. The van der Waals surface area contributed by atoms with Gasteiger partial charge in [0.1, 0.15) is 0 Å². The molecule has 3 nitrogen and oxygen atoms in total. The van der Waals surface area contributed by atoms with E-state index in [1.807, 2.05) is 6.07 Å². The second-order valence-corrected chi connectivity index (χ2v) is 5.91. The molecular weight excluding hydrogens is 284 g/mol. The summed E-state index contributed by atoms with van der Waals surface area (Å²) in [6.07, 6.45) is 1.32. The molecule has 2 heterocycles. The molecule has 2 unspecified atom stereocenters. The molecule has 1 saturated heterocycles. The van der Waals surface area contributed by atoms with Gasteiger partial charge in [-0.25, -0.2) is 0 Å². The normalized spacial score (nSPS) is 22.7. The molecule has 0 N–H and O–H groups in total. The minimum absolute atomic E-state index is 0.249. The van der Waals surface area contributed by atoms with Gasteiger partial charge in [-0.1, -0.05) is 25.1 Å². The van der Waals surface area contributed by atoms with Crippen LogP contribution in [0.5, 0.6) is 0 Å². The summed E-state index contributed by atoms with van der Waals surface area (Å²) in [6.45, 7) is 6.03. The molecule has 4 heteroatoms. The number of alkyl halides is 1. The molecular formula is C17H21ClN2O. The quantitative estimate of drug-likeness (QED) is 0.802. The van der Waals surface area contributed by atoms with Crippen molar-refractivity contribution in [3.63, 3.8) is 0 Å². The van der Waals surface area contributed by atoms with Crippen molar-refractivity contribution in [1.82, 2.24) is 4.98 Å². The molecule has 1 aliphatic rings. The smallest absolute Gasteiger partial charge is 0.0726 e. The third-order valence-corrected chi connectivity index (χ3v) is 4.41. The van der Waals surface area contributed by atoms with E-state index in [0.29, 0.717) is 11.9 Å². The predicted octanol–water partition coefficient (Wildman–Crippen LogP) is 3.98. The molecule has 2 atom stereocenters. The van der Waals surface area contributed by atoms with Crippen molar-refractivity contribution < 1.29 is 4.74 Å². The van der Waals surface area contributed by atoms with E-state index in [1.54, 1.807) is 0 Å².